The van der Waals surface area contributed by atoms with Crippen LogP contribution in [0.15, 0.2) is 71.1 Å². The van der Waals surface area contributed by atoms with E-state index in [1.165, 1.54) is 24.3 Å². The molecule has 2 aliphatic heterocycles. The molecule has 0 spiro atoms. The number of para-hydroxylation sites is 1. The summed E-state index contributed by atoms with van der Waals surface area (Å²) in [7, 11) is 0. The van der Waals surface area contributed by atoms with Gasteiger partial charge in [0, 0.05) is 55.6 Å². The van der Waals surface area contributed by atoms with Crippen molar-refractivity contribution in [1.82, 2.24) is 15.5 Å². The Morgan fingerprint density at radius 3 is 2.26 bits per heavy atom. The van der Waals surface area contributed by atoms with Crippen LogP contribution in [0.25, 0.3) is 0 Å². The average Bonchev–Trinajstić information content (AvgIpc) is 2.96. The van der Waals surface area contributed by atoms with Crippen molar-refractivity contribution >= 4 is 17.6 Å². The number of esters is 2. The summed E-state index contributed by atoms with van der Waals surface area (Å²) in [5, 5.41) is 18.5. The molecule has 2 heterocycles. The summed E-state index contributed by atoms with van der Waals surface area (Å²) < 4.78 is 25.3. The van der Waals surface area contributed by atoms with E-state index < -0.39 is 29.0 Å². The third-order valence-electron chi connectivity index (χ3n) is 7.32. The van der Waals surface area contributed by atoms with Gasteiger partial charge in [0.1, 0.15) is 5.82 Å². The Bertz CT molecular complexity index is 1380. The number of nitro benzene ring substituents is 1. The average molecular weight is 581 g/mol. The number of carbonyl (C=O) groups excluding carboxylic acids is 2. The van der Waals surface area contributed by atoms with E-state index in [-0.39, 0.29) is 40.7 Å². The molecule has 2 unspecified atom stereocenters. The van der Waals surface area contributed by atoms with Crippen LogP contribution in [-0.4, -0.2) is 60.8 Å². The van der Waals surface area contributed by atoms with E-state index >= 15 is 0 Å². The topological polar surface area (TPSA) is 123 Å². The molecular weight excluding hydrogens is 543 g/mol. The van der Waals surface area contributed by atoms with Gasteiger partial charge < -0.3 is 20.1 Å². The lowest BCUT2D eigenvalue weighted by atomic mass is 9.79. The summed E-state index contributed by atoms with van der Waals surface area (Å²) in [5.41, 5.74) is 1.79. The molecule has 1 fully saturated rings. The van der Waals surface area contributed by atoms with Crippen LogP contribution in [0.5, 0.6) is 0 Å². The second-order valence-electron chi connectivity index (χ2n) is 10.9. The molecule has 2 N–H and O–H groups in total. The Balaban J connectivity index is 1.75. The van der Waals surface area contributed by atoms with Gasteiger partial charge in [-0.3, -0.25) is 15.0 Å². The zero-order valence-electron chi connectivity index (χ0n) is 24.3. The number of nitro groups is 1. The molecule has 2 aliphatic rings. The quantitative estimate of drug-likeness (QED) is 0.242. The fourth-order valence-corrected chi connectivity index (χ4v) is 5.29. The molecule has 2 aromatic rings. The first-order valence-electron chi connectivity index (χ1n) is 14.1. The lowest BCUT2D eigenvalue weighted by molar-refractivity contribution is -0.385. The minimum atomic E-state index is -1.10. The molecule has 42 heavy (non-hydrogen) atoms. The molecule has 11 heteroatoms. The fourth-order valence-electron chi connectivity index (χ4n) is 5.29. The van der Waals surface area contributed by atoms with Crippen molar-refractivity contribution in [3.63, 3.8) is 0 Å². The van der Waals surface area contributed by atoms with Gasteiger partial charge in [-0.05, 0) is 37.5 Å². The smallest absolute Gasteiger partial charge is 0.338 e. The van der Waals surface area contributed by atoms with E-state index in [1.54, 1.807) is 38.1 Å². The van der Waals surface area contributed by atoms with Gasteiger partial charge in [-0.1, -0.05) is 44.2 Å². The summed E-state index contributed by atoms with van der Waals surface area (Å²) in [5.74, 6) is -2.79. The van der Waals surface area contributed by atoms with Crippen molar-refractivity contribution in [2.45, 2.75) is 46.3 Å². The monoisotopic (exact) mass is 580 g/mol. The zero-order valence-corrected chi connectivity index (χ0v) is 24.3. The van der Waals surface area contributed by atoms with E-state index in [9.17, 15) is 24.1 Å². The molecule has 224 valence electrons. The van der Waals surface area contributed by atoms with Crippen LogP contribution in [0, 0.1) is 21.8 Å². The Kier molecular flexibility index (Phi) is 10.1. The number of benzene rings is 2. The van der Waals surface area contributed by atoms with Crippen LogP contribution in [0.4, 0.5) is 10.1 Å². The van der Waals surface area contributed by atoms with Crippen molar-refractivity contribution < 1.29 is 28.4 Å². The number of dihydropyridines is 1. The van der Waals surface area contributed by atoms with Crippen molar-refractivity contribution in [3.05, 3.63) is 98.1 Å². The third kappa shape index (κ3) is 7.21. The van der Waals surface area contributed by atoms with Gasteiger partial charge in [-0.2, -0.15) is 0 Å². The minimum Gasteiger partial charge on any atom is -0.462 e. The van der Waals surface area contributed by atoms with Gasteiger partial charge in [0.15, 0.2) is 6.23 Å². The van der Waals surface area contributed by atoms with Crippen LogP contribution >= 0.6 is 0 Å². The highest BCUT2D eigenvalue weighted by Crippen LogP contribution is 2.42. The molecule has 1 saturated heterocycles. The van der Waals surface area contributed by atoms with Gasteiger partial charge in [0.2, 0.25) is 0 Å². The van der Waals surface area contributed by atoms with E-state index in [4.69, 9.17) is 9.47 Å². The molecule has 0 radical (unpaired) electrons. The Labute approximate surface area is 244 Å². The van der Waals surface area contributed by atoms with Crippen LogP contribution in [-0.2, 0) is 25.5 Å². The summed E-state index contributed by atoms with van der Waals surface area (Å²) >= 11 is 0. The summed E-state index contributed by atoms with van der Waals surface area (Å²) in [4.78, 5) is 41.2. The maximum absolute atomic E-state index is 14.1. The maximum Gasteiger partial charge on any atom is 0.338 e. The Hall–Kier alpha value is -4.09. The second-order valence-corrected chi connectivity index (χ2v) is 10.9. The molecule has 2 atom stereocenters. The van der Waals surface area contributed by atoms with Crippen LogP contribution < -0.4 is 10.6 Å². The Morgan fingerprint density at radius 1 is 1.02 bits per heavy atom. The first-order valence-corrected chi connectivity index (χ1v) is 14.1. The van der Waals surface area contributed by atoms with E-state index in [0.717, 1.165) is 5.56 Å². The number of hydrogen-bond donors (Lipinski definition) is 2. The summed E-state index contributed by atoms with van der Waals surface area (Å²) in [6.07, 6.45) is -0.389. The van der Waals surface area contributed by atoms with E-state index in [2.05, 4.69) is 10.6 Å². The maximum atomic E-state index is 14.1. The zero-order chi connectivity index (χ0) is 30.4. The van der Waals surface area contributed by atoms with Crippen molar-refractivity contribution in [2.24, 2.45) is 5.92 Å². The van der Waals surface area contributed by atoms with Gasteiger partial charge in [0.25, 0.3) is 5.69 Å². The van der Waals surface area contributed by atoms with E-state index in [1.807, 2.05) is 18.7 Å². The molecule has 0 aliphatic carbocycles. The highest BCUT2D eigenvalue weighted by molar-refractivity contribution is 6.00. The number of halogens is 1. The van der Waals surface area contributed by atoms with Crippen LogP contribution in [0.1, 0.15) is 44.7 Å². The first-order chi connectivity index (χ1) is 20.1. The molecule has 0 saturated carbocycles. The minimum absolute atomic E-state index is 0.0592. The third-order valence-corrected chi connectivity index (χ3v) is 7.32. The lowest BCUT2D eigenvalue weighted by Crippen LogP contribution is -2.51. The number of ether oxygens (including phenoxy) is 2. The predicted molar refractivity (Wildman–Crippen MR) is 155 cm³/mol. The van der Waals surface area contributed by atoms with E-state index in [0.29, 0.717) is 44.0 Å². The molecule has 0 bridgehead atoms. The lowest BCUT2D eigenvalue weighted by Gasteiger charge is -2.36. The number of nitrogens with one attached hydrogen (secondary N) is 2. The fraction of sp³-hybridized carbons (Fsp3) is 0.419. The summed E-state index contributed by atoms with van der Waals surface area (Å²) in [6.45, 7) is 9.94. The number of hydrogen-bond acceptors (Lipinski definition) is 9. The molecular formula is C31H37FN4O6. The Morgan fingerprint density at radius 2 is 1.64 bits per heavy atom. The summed E-state index contributed by atoms with van der Waals surface area (Å²) in [6, 6.07) is 12.1. The number of carbonyl (C=O) groups is 2. The standard InChI is InChI=1S/C31H37FN4O6/c1-19(2)18-41-30(37)27-20(3)34-21(4)28(29(27)24-7-5-6-8-25(24)36(39)40)31(38)42-26(35-15-13-33-14-16-35)17-22-9-11-23(32)12-10-22/h5-12,19,26,29,33-34H,13-18H2,1-4H3. The van der Waals surface area contributed by atoms with Gasteiger partial charge in [-0.25, -0.2) is 14.0 Å². The van der Waals surface area contributed by atoms with Gasteiger partial charge >= 0.3 is 11.9 Å². The normalized spacial score (nSPS) is 18.5. The SMILES string of the molecule is CC1=C(C(=O)OCC(C)C)C(c2ccccc2[N+](=O)[O-])C(C(=O)OC(Cc2ccc(F)cc2)N2CCNCC2)=C(C)N1. The number of rotatable bonds is 10. The molecule has 2 aromatic carbocycles. The van der Waals surface area contributed by atoms with Crippen molar-refractivity contribution in [3.8, 4) is 0 Å². The molecule has 0 aromatic heterocycles. The highest BCUT2D eigenvalue weighted by Gasteiger charge is 2.42. The van der Waals surface area contributed by atoms with Crippen molar-refractivity contribution in [1.29, 1.82) is 0 Å². The second kappa shape index (κ2) is 13.7. The molecule has 10 nitrogen and oxygen atoms in total. The van der Waals surface area contributed by atoms with Crippen LogP contribution in [0.2, 0.25) is 0 Å². The van der Waals surface area contributed by atoms with Gasteiger partial charge in [-0.15, -0.1) is 0 Å². The molecule has 4 rings (SSSR count). The van der Waals surface area contributed by atoms with Crippen molar-refractivity contribution in [2.75, 3.05) is 32.8 Å². The number of nitrogens with zero attached hydrogens (tertiary/aromatic N) is 2. The number of allylic oxidation sites excluding steroid dienone is 2. The largest absolute Gasteiger partial charge is 0.462 e. The first kappa shape index (κ1) is 30.9. The number of piperazine rings is 1. The molecule has 0 amide bonds. The van der Waals surface area contributed by atoms with Gasteiger partial charge in [0.05, 0.1) is 28.6 Å². The van der Waals surface area contributed by atoms with Crippen LogP contribution in [0.3, 0.4) is 0 Å². The highest BCUT2D eigenvalue weighted by atomic mass is 19.1. The predicted octanol–water partition coefficient (Wildman–Crippen LogP) is 4.19.